The first-order valence-corrected chi connectivity index (χ1v) is 6.66. The molecule has 0 saturated carbocycles. The highest BCUT2D eigenvalue weighted by atomic mass is 19.1. The molecule has 1 aliphatic rings. The number of amides is 1. The average Bonchev–Trinajstić information content (AvgIpc) is 2.54. The highest BCUT2D eigenvalue weighted by Gasteiger charge is 2.36. The van der Waals surface area contributed by atoms with Crippen LogP contribution in [0.2, 0.25) is 0 Å². The van der Waals surface area contributed by atoms with E-state index in [1.165, 1.54) is 11.0 Å². The van der Waals surface area contributed by atoms with Gasteiger partial charge in [0.05, 0.1) is 12.0 Å². The van der Waals surface area contributed by atoms with Gasteiger partial charge in [-0.05, 0) is 37.0 Å². The highest BCUT2D eigenvalue weighted by molar-refractivity contribution is 5.79. The molecule has 0 aliphatic carbocycles. The van der Waals surface area contributed by atoms with Crippen molar-refractivity contribution in [1.29, 1.82) is 0 Å². The zero-order valence-electron chi connectivity index (χ0n) is 11.6. The second kappa shape index (κ2) is 5.61. The number of benzene rings is 1. The molecule has 1 aromatic carbocycles. The van der Waals surface area contributed by atoms with Crippen molar-refractivity contribution >= 4 is 11.9 Å². The number of carboxylic acid groups (broad SMARTS) is 1. The fourth-order valence-corrected chi connectivity index (χ4v) is 2.80. The fourth-order valence-electron chi connectivity index (χ4n) is 2.80. The van der Waals surface area contributed by atoms with Crippen molar-refractivity contribution < 1.29 is 19.1 Å². The summed E-state index contributed by atoms with van der Waals surface area (Å²) in [5.41, 5.74) is 1.13. The molecule has 1 amide bonds. The number of nitrogens with zero attached hydrogens (tertiary/aromatic N) is 1. The van der Waals surface area contributed by atoms with Gasteiger partial charge < -0.3 is 10.0 Å². The van der Waals surface area contributed by atoms with Gasteiger partial charge in [0.15, 0.2) is 0 Å². The summed E-state index contributed by atoms with van der Waals surface area (Å²) in [5, 5.41) is 9.41. The molecule has 1 aromatic rings. The fraction of sp³-hybridized carbons (Fsp3) is 0.467. The molecule has 2 unspecified atom stereocenters. The van der Waals surface area contributed by atoms with Gasteiger partial charge in [-0.25, -0.2) is 4.39 Å². The Hall–Kier alpha value is -1.91. The van der Waals surface area contributed by atoms with Crippen LogP contribution in [0.3, 0.4) is 0 Å². The number of carbonyl (C=O) groups excluding carboxylic acids is 1. The molecular formula is C15H18FNO3. The molecule has 0 bridgehead atoms. The van der Waals surface area contributed by atoms with E-state index in [9.17, 15) is 19.1 Å². The van der Waals surface area contributed by atoms with Gasteiger partial charge in [0, 0.05) is 13.5 Å². The Labute approximate surface area is 117 Å². The Morgan fingerprint density at radius 2 is 2.15 bits per heavy atom. The van der Waals surface area contributed by atoms with E-state index in [4.69, 9.17) is 0 Å². The molecule has 1 heterocycles. The summed E-state index contributed by atoms with van der Waals surface area (Å²) in [7, 11) is 1.62. The SMILES string of the molecule is Cc1cc(C2C(C(=O)O)CCCC(=O)N2C)ccc1F. The predicted molar refractivity (Wildman–Crippen MR) is 71.6 cm³/mol. The van der Waals surface area contributed by atoms with Gasteiger partial charge in [-0.2, -0.15) is 0 Å². The van der Waals surface area contributed by atoms with Crippen LogP contribution in [0.5, 0.6) is 0 Å². The largest absolute Gasteiger partial charge is 0.481 e. The van der Waals surface area contributed by atoms with Crippen LogP contribution in [0.1, 0.15) is 36.4 Å². The molecule has 20 heavy (non-hydrogen) atoms. The first-order valence-electron chi connectivity index (χ1n) is 6.66. The second-order valence-corrected chi connectivity index (χ2v) is 5.30. The Morgan fingerprint density at radius 3 is 2.75 bits per heavy atom. The molecule has 4 nitrogen and oxygen atoms in total. The van der Waals surface area contributed by atoms with E-state index in [0.29, 0.717) is 30.4 Å². The van der Waals surface area contributed by atoms with Gasteiger partial charge in [0.25, 0.3) is 0 Å². The van der Waals surface area contributed by atoms with E-state index in [1.807, 2.05) is 0 Å². The first kappa shape index (κ1) is 14.5. The van der Waals surface area contributed by atoms with E-state index in [1.54, 1.807) is 26.1 Å². The molecule has 0 aromatic heterocycles. The maximum atomic E-state index is 13.4. The molecule has 5 heteroatoms. The lowest BCUT2D eigenvalue weighted by Crippen LogP contribution is -2.36. The Morgan fingerprint density at radius 1 is 1.45 bits per heavy atom. The quantitative estimate of drug-likeness (QED) is 0.905. The number of hydrogen-bond acceptors (Lipinski definition) is 2. The van der Waals surface area contributed by atoms with Crippen LogP contribution in [0.25, 0.3) is 0 Å². The Kier molecular flexibility index (Phi) is 4.06. The van der Waals surface area contributed by atoms with Gasteiger partial charge in [-0.3, -0.25) is 9.59 Å². The molecule has 2 atom stereocenters. The number of carboxylic acids is 1. The van der Waals surface area contributed by atoms with E-state index in [-0.39, 0.29) is 11.7 Å². The van der Waals surface area contributed by atoms with Crippen LogP contribution in [0.4, 0.5) is 4.39 Å². The zero-order valence-corrected chi connectivity index (χ0v) is 11.6. The van der Waals surface area contributed by atoms with Crippen molar-refractivity contribution in [3.05, 3.63) is 35.1 Å². The van der Waals surface area contributed by atoms with Crippen LogP contribution in [0, 0.1) is 18.7 Å². The number of aliphatic carboxylic acids is 1. The lowest BCUT2D eigenvalue weighted by molar-refractivity contribution is -0.145. The van der Waals surface area contributed by atoms with Gasteiger partial charge >= 0.3 is 5.97 Å². The molecule has 1 aliphatic heterocycles. The van der Waals surface area contributed by atoms with Crippen molar-refractivity contribution in [2.24, 2.45) is 5.92 Å². The molecule has 1 fully saturated rings. The van der Waals surface area contributed by atoms with Gasteiger partial charge in [-0.15, -0.1) is 0 Å². The summed E-state index contributed by atoms with van der Waals surface area (Å²) in [4.78, 5) is 24.9. The van der Waals surface area contributed by atoms with Crippen molar-refractivity contribution in [2.45, 2.75) is 32.2 Å². The summed E-state index contributed by atoms with van der Waals surface area (Å²) in [5.74, 6) is -1.97. The van der Waals surface area contributed by atoms with Crippen LogP contribution >= 0.6 is 0 Å². The van der Waals surface area contributed by atoms with Crippen LogP contribution in [-0.4, -0.2) is 28.9 Å². The maximum absolute atomic E-state index is 13.4. The minimum absolute atomic E-state index is 0.0688. The number of halogens is 1. The van der Waals surface area contributed by atoms with E-state index in [0.717, 1.165) is 0 Å². The number of rotatable bonds is 2. The molecule has 0 spiro atoms. The molecule has 1 N–H and O–H groups in total. The van der Waals surface area contributed by atoms with Crippen LogP contribution in [0.15, 0.2) is 18.2 Å². The summed E-state index contributed by atoms with van der Waals surface area (Å²) < 4.78 is 13.4. The van der Waals surface area contributed by atoms with Gasteiger partial charge in [0.2, 0.25) is 5.91 Å². The second-order valence-electron chi connectivity index (χ2n) is 5.30. The number of hydrogen-bond donors (Lipinski definition) is 1. The smallest absolute Gasteiger partial charge is 0.308 e. The van der Waals surface area contributed by atoms with Gasteiger partial charge in [-0.1, -0.05) is 12.1 Å². The molecular weight excluding hydrogens is 261 g/mol. The van der Waals surface area contributed by atoms with Crippen molar-refractivity contribution in [3.8, 4) is 0 Å². The topological polar surface area (TPSA) is 57.6 Å². The van der Waals surface area contributed by atoms with Gasteiger partial charge in [0.1, 0.15) is 5.82 Å². The molecule has 2 rings (SSSR count). The third-order valence-electron chi connectivity index (χ3n) is 3.94. The molecule has 108 valence electrons. The third-order valence-corrected chi connectivity index (χ3v) is 3.94. The summed E-state index contributed by atoms with van der Waals surface area (Å²) in [6.45, 7) is 1.63. The predicted octanol–water partition coefficient (Wildman–Crippen LogP) is 2.52. The Bertz CT molecular complexity index is 544. The Balaban J connectivity index is 2.47. The monoisotopic (exact) mass is 279 g/mol. The van der Waals surface area contributed by atoms with E-state index in [2.05, 4.69) is 0 Å². The lowest BCUT2D eigenvalue weighted by Gasteiger charge is -2.31. The minimum atomic E-state index is -0.918. The minimum Gasteiger partial charge on any atom is -0.481 e. The van der Waals surface area contributed by atoms with Crippen LogP contribution in [-0.2, 0) is 9.59 Å². The summed E-state index contributed by atoms with van der Waals surface area (Å²) >= 11 is 0. The standard InChI is InChI=1S/C15H18FNO3/c1-9-8-10(6-7-12(9)16)14-11(15(19)20)4-3-5-13(18)17(14)2/h6-8,11,14H,3-5H2,1-2H3,(H,19,20). The lowest BCUT2D eigenvalue weighted by atomic mass is 9.89. The molecule has 1 saturated heterocycles. The van der Waals surface area contributed by atoms with Crippen LogP contribution < -0.4 is 0 Å². The van der Waals surface area contributed by atoms with E-state index < -0.39 is 17.9 Å². The number of aryl methyl sites for hydroxylation is 1. The summed E-state index contributed by atoms with van der Waals surface area (Å²) in [6.07, 6.45) is 1.38. The van der Waals surface area contributed by atoms with Crippen molar-refractivity contribution in [1.82, 2.24) is 4.90 Å². The first-order chi connectivity index (χ1) is 9.41. The third kappa shape index (κ3) is 2.66. The number of carbonyl (C=O) groups is 2. The van der Waals surface area contributed by atoms with Crippen molar-refractivity contribution in [3.63, 3.8) is 0 Å². The van der Waals surface area contributed by atoms with Crippen molar-refractivity contribution in [2.75, 3.05) is 7.05 Å². The molecule has 0 radical (unpaired) electrons. The zero-order chi connectivity index (χ0) is 14.9. The summed E-state index contributed by atoms with van der Waals surface area (Å²) in [6, 6.07) is 3.98. The normalized spacial score (nSPS) is 23.6. The average molecular weight is 279 g/mol. The number of likely N-dealkylation sites (tertiary alicyclic amines) is 1. The highest BCUT2D eigenvalue weighted by Crippen LogP contribution is 2.35. The maximum Gasteiger partial charge on any atom is 0.308 e. The van der Waals surface area contributed by atoms with E-state index >= 15 is 0 Å².